The Morgan fingerprint density at radius 2 is 1.90 bits per heavy atom. The summed E-state index contributed by atoms with van der Waals surface area (Å²) in [6, 6.07) is 5.49. The van der Waals surface area contributed by atoms with Crippen molar-refractivity contribution in [1.29, 1.82) is 0 Å². The van der Waals surface area contributed by atoms with Crippen LogP contribution in [0.3, 0.4) is 0 Å². The standard InChI is InChI=1S/C14H22N3O3/c1-14(2,3)20-13(18)16-10-8-15(9-11-16)12-6-4-5-7-17(12)19/h4-7,19H,8-11H2,1-3H3/q+1. The minimum atomic E-state index is -0.470. The Balaban J connectivity index is 1.93. The molecule has 1 aromatic heterocycles. The number of amides is 1. The van der Waals surface area contributed by atoms with E-state index in [1.807, 2.05) is 37.8 Å². The van der Waals surface area contributed by atoms with E-state index in [1.165, 1.54) is 0 Å². The highest BCUT2D eigenvalue weighted by Gasteiger charge is 2.30. The molecule has 20 heavy (non-hydrogen) atoms. The fraction of sp³-hybridized carbons (Fsp3) is 0.571. The summed E-state index contributed by atoms with van der Waals surface area (Å²) < 4.78 is 6.46. The zero-order valence-corrected chi connectivity index (χ0v) is 12.2. The second-order valence-corrected chi connectivity index (χ2v) is 5.86. The largest absolute Gasteiger partial charge is 0.444 e. The monoisotopic (exact) mass is 280 g/mol. The van der Waals surface area contributed by atoms with E-state index in [2.05, 4.69) is 0 Å². The van der Waals surface area contributed by atoms with Crippen molar-refractivity contribution in [1.82, 2.24) is 4.90 Å². The van der Waals surface area contributed by atoms with Gasteiger partial charge in [0.1, 0.15) is 24.9 Å². The van der Waals surface area contributed by atoms with E-state index in [9.17, 15) is 10.0 Å². The third-order valence-corrected chi connectivity index (χ3v) is 3.07. The van der Waals surface area contributed by atoms with E-state index >= 15 is 0 Å². The molecular weight excluding hydrogens is 258 g/mol. The van der Waals surface area contributed by atoms with Crippen LogP contribution in [0.5, 0.6) is 0 Å². The predicted molar refractivity (Wildman–Crippen MR) is 73.8 cm³/mol. The Bertz CT molecular complexity index is 477. The highest BCUT2D eigenvalue weighted by Crippen LogP contribution is 2.14. The Labute approximate surface area is 119 Å². The van der Waals surface area contributed by atoms with Crippen LogP contribution in [0.15, 0.2) is 24.4 Å². The molecule has 0 saturated carbocycles. The lowest BCUT2D eigenvalue weighted by Gasteiger charge is -2.32. The lowest BCUT2D eigenvalue weighted by atomic mass is 10.2. The maximum absolute atomic E-state index is 12.0. The number of hydrogen-bond donors (Lipinski definition) is 1. The minimum absolute atomic E-state index is 0.276. The van der Waals surface area contributed by atoms with Gasteiger partial charge in [0, 0.05) is 6.07 Å². The smallest absolute Gasteiger partial charge is 0.410 e. The predicted octanol–water partition coefficient (Wildman–Crippen LogP) is 1.27. The van der Waals surface area contributed by atoms with E-state index in [-0.39, 0.29) is 6.09 Å². The number of carbonyl (C=O) groups is 1. The summed E-state index contributed by atoms with van der Waals surface area (Å²) in [5.41, 5.74) is -0.470. The maximum atomic E-state index is 12.0. The van der Waals surface area contributed by atoms with Crippen molar-refractivity contribution in [3.8, 4) is 0 Å². The molecule has 6 heteroatoms. The van der Waals surface area contributed by atoms with E-state index in [0.717, 1.165) is 10.5 Å². The summed E-state index contributed by atoms with van der Waals surface area (Å²) in [7, 11) is 0. The first-order chi connectivity index (χ1) is 9.37. The van der Waals surface area contributed by atoms with Crippen LogP contribution in [0.1, 0.15) is 20.8 Å². The van der Waals surface area contributed by atoms with Crippen LogP contribution < -0.4 is 9.63 Å². The highest BCUT2D eigenvalue weighted by atomic mass is 16.6. The van der Waals surface area contributed by atoms with Gasteiger partial charge in [-0.2, -0.15) is 0 Å². The van der Waals surface area contributed by atoms with Gasteiger partial charge in [-0.25, -0.2) is 4.79 Å². The molecule has 1 fully saturated rings. The number of anilines is 1. The summed E-state index contributed by atoms with van der Waals surface area (Å²) >= 11 is 0. The van der Waals surface area contributed by atoms with Gasteiger partial charge < -0.3 is 14.8 Å². The Morgan fingerprint density at radius 3 is 2.45 bits per heavy atom. The average Bonchev–Trinajstić information content (AvgIpc) is 2.37. The van der Waals surface area contributed by atoms with Crippen LogP contribution in [-0.2, 0) is 4.74 Å². The van der Waals surface area contributed by atoms with Gasteiger partial charge in [0.2, 0.25) is 0 Å². The number of carbonyl (C=O) groups excluding carboxylic acids is 1. The Kier molecular flexibility index (Phi) is 4.01. The molecule has 2 heterocycles. The fourth-order valence-electron chi connectivity index (χ4n) is 2.12. The SMILES string of the molecule is CC(C)(C)OC(=O)N1CCN(c2cccc[n+]2O)CC1. The first-order valence-corrected chi connectivity index (χ1v) is 6.79. The van der Waals surface area contributed by atoms with Gasteiger partial charge in [-0.1, -0.05) is 10.8 Å². The van der Waals surface area contributed by atoms with Crippen molar-refractivity contribution in [2.45, 2.75) is 26.4 Å². The summed E-state index contributed by atoms with van der Waals surface area (Å²) in [5.74, 6) is 0.733. The van der Waals surface area contributed by atoms with Crippen LogP contribution in [-0.4, -0.2) is 48.0 Å². The number of hydrogen-bond acceptors (Lipinski definition) is 4. The lowest BCUT2D eigenvalue weighted by molar-refractivity contribution is -0.894. The van der Waals surface area contributed by atoms with Gasteiger partial charge in [-0.05, 0) is 26.8 Å². The number of piperazine rings is 1. The van der Waals surface area contributed by atoms with E-state index in [4.69, 9.17) is 4.74 Å². The van der Waals surface area contributed by atoms with E-state index < -0.39 is 5.60 Å². The molecule has 0 aromatic carbocycles. The topological polar surface area (TPSA) is 56.9 Å². The van der Waals surface area contributed by atoms with E-state index in [1.54, 1.807) is 17.2 Å². The molecule has 110 valence electrons. The third kappa shape index (κ3) is 3.53. The van der Waals surface area contributed by atoms with Crippen LogP contribution >= 0.6 is 0 Å². The molecule has 0 radical (unpaired) electrons. The van der Waals surface area contributed by atoms with Crippen molar-refractivity contribution in [2.75, 3.05) is 31.1 Å². The molecule has 0 aliphatic carbocycles. The first-order valence-electron chi connectivity index (χ1n) is 6.79. The quantitative estimate of drug-likeness (QED) is 0.622. The summed E-state index contributed by atoms with van der Waals surface area (Å²) in [6.07, 6.45) is 1.32. The van der Waals surface area contributed by atoms with Crippen molar-refractivity contribution in [2.24, 2.45) is 0 Å². The van der Waals surface area contributed by atoms with Crippen LogP contribution in [0.2, 0.25) is 0 Å². The molecule has 1 amide bonds. The van der Waals surface area contributed by atoms with Crippen LogP contribution in [0, 0.1) is 0 Å². The number of pyridine rings is 1. The van der Waals surface area contributed by atoms with Gasteiger partial charge >= 0.3 is 11.9 Å². The zero-order chi connectivity index (χ0) is 14.8. The molecule has 2 rings (SSSR count). The van der Waals surface area contributed by atoms with Crippen molar-refractivity contribution < 1.29 is 19.5 Å². The van der Waals surface area contributed by atoms with Gasteiger partial charge in [-0.3, -0.25) is 4.90 Å². The van der Waals surface area contributed by atoms with Gasteiger partial charge in [-0.15, -0.1) is 0 Å². The van der Waals surface area contributed by atoms with Gasteiger partial charge in [0.15, 0.2) is 0 Å². The molecule has 0 spiro atoms. The molecule has 1 aliphatic rings. The third-order valence-electron chi connectivity index (χ3n) is 3.07. The minimum Gasteiger partial charge on any atom is -0.444 e. The van der Waals surface area contributed by atoms with E-state index in [0.29, 0.717) is 26.2 Å². The molecule has 1 saturated heterocycles. The molecule has 0 bridgehead atoms. The molecular formula is C14H22N3O3+. The first kappa shape index (κ1) is 14.4. The normalized spacial score (nSPS) is 16.1. The highest BCUT2D eigenvalue weighted by molar-refractivity contribution is 5.68. The summed E-state index contributed by atoms with van der Waals surface area (Å²) in [5, 5.41) is 9.76. The molecule has 0 unspecified atom stereocenters. The average molecular weight is 280 g/mol. The maximum Gasteiger partial charge on any atom is 0.410 e. The second-order valence-electron chi connectivity index (χ2n) is 5.86. The second kappa shape index (κ2) is 5.56. The zero-order valence-electron chi connectivity index (χ0n) is 12.2. The number of aromatic nitrogens is 1. The van der Waals surface area contributed by atoms with Gasteiger partial charge in [0.25, 0.3) is 0 Å². The van der Waals surface area contributed by atoms with Crippen molar-refractivity contribution >= 4 is 11.9 Å². The Hall–Kier alpha value is -1.98. The Morgan fingerprint density at radius 1 is 1.25 bits per heavy atom. The van der Waals surface area contributed by atoms with Crippen molar-refractivity contribution in [3.63, 3.8) is 0 Å². The number of nitrogens with zero attached hydrogens (tertiary/aromatic N) is 3. The van der Waals surface area contributed by atoms with Gasteiger partial charge in [0.05, 0.1) is 13.1 Å². The molecule has 6 nitrogen and oxygen atoms in total. The number of rotatable bonds is 1. The van der Waals surface area contributed by atoms with Crippen LogP contribution in [0.4, 0.5) is 10.6 Å². The molecule has 1 N–H and O–H groups in total. The lowest BCUT2D eigenvalue weighted by Crippen LogP contribution is -2.53. The summed E-state index contributed by atoms with van der Waals surface area (Å²) in [6.45, 7) is 8.10. The number of ether oxygens (including phenoxy) is 1. The van der Waals surface area contributed by atoms with Crippen molar-refractivity contribution in [3.05, 3.63) is 24.4 Å². The molecule has 1 aliphatic heterocycles. The summed E-state index contributed by atoms with van der Waals surface area (Å²) in [4.78, 5) is 15.7. The molecule has 1 aromatic rings. The van der Waals surface area contributed by atoms with Crippen LogP contribution in [0.25, 0.3) is 0 Å². The molecule has 0 atom stereocenters. The fourth-order valence-corrected chi connectivity index (χ4v) is 2.12.